The Morgan fingerprint density at radius 1 is 1.71 bits per heavy atom. The minimum atomic E-state index is -0.310. The number of carbonyl (C=O) groups excluding carboxylic acids is 2. The number of esters is 1. The SMILES string of the molecule is CCOC(=O)CNC1CCN(C)C1=O. The number of nitrogens with one attached hydrogen (secondary N) is 1. The summed E-state index contributed by atoms with van der Waals surface area (Å²) in [7, 11) is 1.76. The van der Waals surface area contributed by atoms with Gasteiger partial charge < -0.3 is 9.64 Å². The molecule has 0 aromatic rings. The summed E-state index contributed by atoms with van der Waals surface area (Å²) in [4.78, 5) is 24.0. The highest BCUT2D eigenvalue weighted by Crippen LogP contribution is 2.07. The minimum absolute atomic E-state index is 0.0503. The van der Waals surface area contributed by atoms with Gasteiger partial charge in [-0.15, -0.1) is 0 Å². The van der Waals surface area contributed by atoms with Crippen LogP contribution in [0, 0.1) is 0 Å². The zero-order chi connectivity index (χ0) is 10.6. The van der Waals surface area contributed by atoms with Gasteiger partial charge in [0.25, 0.3) is 0 Å². The number of ether oxygens (including phenoxy) is 1. The van der Waals surface area contributed by atoms with Crippen molar-refractivity contribution in [2.75, 3.05) is 26.7 Å². The van der Waals surface area contributed by atoms with Crippen molar-refractivity contribution in [1.82, 2.24) is 10.2 Å². The molecule has 1 amide bonds. The Kier molecular flexibility index (Phi) is 3.88. The third-order valence-corrected chi connectivity index (χ3v) is 2.23. The second kappa shape index (κ2) is 4.95. The van der Waals surface area contributed by atoms with Gasteiger partial charge >= 0.3 is 5.97 Å². The van der Waals surface area contributed by atoms with Crippen molar-refractivity contribution in [2.24, 2.45) is 0 Å². The van der Waals surface area contributed by atoms with Crippen molar-refractivity contribution in [1.29, 1.82) is 0 Å². The minimum Gasteiger partial charge on any atom is -0.465 e. The van der Waals surface area contributed by atoms with Gasteiger partial charge in [0.15, 0.2) is 0 Å². The second-order valence-corrected chi connectivity index (χ2v) is 3.29. The fourth-order valence-electron chi connectivity index (χ4n) is 1.43. The Morgan fingerprint density at radius 2 is 2.43 bits per heavy atom. The first-order valence-electron chi connectivity index (χ1n) is 4.79. The van der Waals surface area contributed by atoms with Crippen molar-refractivity contribution in [2.45, 2.75) is 19.4 Å². The topological polar surface area (TPSA) is 58.6 Å². The van der Waals surface area contributed by atoms with E-state index in [1.165, 1.54) is 0 Å². The Labute approximate surface area is 83.4 Å². The molecule has 14 heavy (non-hydrogen) atoms. The summed E-state index contributed by atoms with van der Waals surface area (Å²) in [6.07, 6.45) is 0.759. The molecule has 0 aliphatic carbocycles. The quantitative estimate of drug-likeness (QED) is 0.614. The van der Waals surface area contributed by atoms with E-state index >= 15 is 0 Å². The molecule has 0 bridgehead atoms. The van der Waals surface area contributed by atoms with Crippen LogP contribution in [0.5, 0.6) is 0 Å². The van der Waals surface area contributed by atoms with E-state index in [2.05, 4.69) is 5.32 Å². The fraction of sp³-hybridized carbons (Fsp3) is 0.778. The second-order valence-electron chi connectivity index (χ2n) is 3.29. The van der Waals surface area contributed by atoms with Crippen LogP contribution < -0.4 is 5.32 Å². The number of carbonyl (C=O) groups is 2. The average molecular weight is 200 g/mol. The third-order valence-electron chi connectivity index (χ3n) is 2.23. The van der Waals surface area contributed by atoms with Crippen LogP contribution >= 0.6 is 0 Å². The summed E-state index contributed by atoms with van der Waals surface area (Å²) in [6.45, 7) is 2.99. The number of hydrogen-bond donors (Lipinski definition) is 1. The van der Waals surface area contributed by atoms with Gasteiger partial charge in [-0.3, -0.25) is 14.9 Å². The lowest BCUT2D eigenvalue weighted by molar-refractivity contribution is -0.142. The van der Waals surface area contributed by atoms with Gasteiger partial charge in [-0.25, -0.2) is 0 Å². The lowest BCUT2D eigenvalue weighted by Crippen LogP contribution is -2.40. The number of hydrogen-bond acceptors (Lipinski definition) is 4. The summed E-state index contributed by atoms with van der Waals surface area (Å²) in [6, 6.07) is -0.218. The van der Waals surface area contributed by atoms with Crippen molar-refractivity contribution in [3.8, 4) is 0 Å². The van der Waals surface area contributed by atoms with Gasteiger partial charge in [0.2, 0.25) is 5.91 Å². The monoisotopic (exact) mass is 200 g/mol. The number of rotatable bonds is 4. The fourth-order valence-corrected chi connectivity index (χ4v) is 1.43. The van der Waals surface area contributed by atoms with Crippen LogP contribution in [0.4, 0.5) is 0 Å². The first kappa shape index (κ1) is 11.0. The summed E-state index contributed by atoms with van der Waals surface area (Å²) in [5, 5.41) is 2.88. The van der Waals surface area contributed by atoms with Crippen molar-refractivity contribution < 1.29 is 14.3 Å². The van der Waals surface area contributed by atoms with Crippen LogP contribution in [0.3, 0.4) is 0 Å². The standard InChI is InChI=1S/C9H16N2O3/c1-3-14-8(12)6-10-7-4-5-11(2)9(7)13/h7,10H,3-6H2,1-2H3. The maximum atomic E-state index is 11.4. The van der Waals surface area contributed by atoms with Crippen molar-refractivity contribution >= 4 is 11.9 Å². The lowest BCUT2D eigenvalue weighted by Gasteiger charge is -2.11. The summed E-state index contributed by atoms with van der Waals surface area (Å²) in [5.74, 6) is -0.260. The molecule has 1 N–H and O–H groups in total. The predicted molar refractivity (Wildman–Crippen MR) is 50.7 cm³/mol. The van der Waals surface area contributed by atoms with E-state index in [1.807, 2.05) is 0 Å². The van der Waals surface area contributed by atoms with Crippen LogP contribution in [0.1, 0.15) is 13.3 Å². The van der Waals surface area contributed by atoms with Crippen LogP contribution in [0.2, 0.25) is 0 Å². The normalized spacial score (nSPS) is 21.4. The van der Waals surface area contributed by atoms with Gasteiger partial charge in [-0.2, -0.15) is 0 Å². The highest BCUT2D eigenvalue weighted by Gasteiger charge is 2.28. The van der Waals surface area contributed by atoms with Gasteiger partial charge in [0, 0.05) is 13.6 Å². The highest BCUT2D eigenvalue weighted by atomic mass is 16.5. The molecule has 1 rings (SSSR count). The van der Waals surface area contributed by atoms with E-state index in [1.54, 1.807) is 18.9 Å². The molecule has 0 spiro atoms. The van der Waals surface area contributed by atoms with Crippen LogP contribution in [0.15, 0.2) is 0 Å². The molecular weight excluding hydrogens is 184 g/mol. The van der Waals surface area contributed by atoms with Gasteiger partial charge in [-0.05, 0) is 13.3 Å². The molecule has 5 nitrogen and oxygen atoms in total. The number of nitrogens with zero attached hydrogens (tertiary/aromatic N) is 1. The van der Waals surface area contributed by atoms with E-state index in [0.717, 1.165) is 13.0 Å². The number of likely N-dealkylation sites (tertiary alicyclic amines) is 1. The molecule has 80 valence electrons. The lowest BCUT2D eigenvalue weighted by atomic mass is 10.2. The van der Waals surface area contributed by atoms with E-state index in [-0.39, 0.29) is 24.5 Å². The molecule has 0 saturated carbocycles. The van der Waals surface area contributed by atoms with Crippen LogP contribution in [-0.4, -0.2) is 49.6 Å². The van der Waals surface area contributed by atoms with Gasteiger partial charge in [0.1, 0.15) is 0 Å². The molecule has 0 aromatic carbocycles. The largest absolute Gasteiger partial charge is 0.465 e. The maximum absolute atomic E-state index is 11.4. The molecule has 0 radical (unpaired) electrons. The molecule has 1 unspecified atom stereocenters. The molecule has 1 aliphatic heterocycles. The Hall–Kier alpha value is -1.10. The predicted octanol–water partition coefficient (Wildman–Crippen LogP) is -0.630. The maximum Gasteiger partial charge on any atom is 0.319 e. The Bertz CT molecular complexity index is 230. The summed E-state index contributed by atoms with van der Waals surface area (Å²) in [5.41, 5.74) is 0. The molecule has 1 atom stereocenters. The number of amides is 1. The van der Waals surface area contributed by atoms with Gasteiger partial charge in [0.05, 0.1) is 19.2 Å². The molecule has 5 heteroatoms. The van der Waals surface area contributed by atoms with Crippen LogP contribution in [0.25, 0.3) is 0 Å². The molecular formula is C9H16N2O3. The van der Waals surface area contributed by atoms with E-state index in [9.17, 15) is 9.59 Å². The van der Waals surface area contributed by atoms with E-state index in [4.69, 9.17) is 4.74 Å². The van der Waals surface area contributed by atoms with Crippen LogP contribution in [-0.2, 0) is 14.3 Å². The zero-order valence-electron chi connectivity index (χ0n) is 8.58. The highest BCUT2D eigenvalue weighted by molar-refractivity contribution is 5.84. The van der Waals surface area contributed by atoms with E-state index in [0.29, 0.717) is 6.61 Å². The Balaban J connectivity index is 2.25. The average Bonchev–Trinajstić information content (AvgIpc) is 2.46. The first-order chi connectivity index (χ1) is 6.65. The van der Waals surface area contributed by atoms with E-state index < -0.39 is 0 Å². The Morgan fingerprint density at radius 3 is 2.93 bits per heavy atom. The van der Waals surface area contributed by atoms with Gasteiger partial charge in [-0.1, -0.05) is 0 Å². The molecule has 0 aromatic heterocycles. The molecule has 1 aliphatic rings. The first-order valence-corrected chi connectivity index (χ1v) is 4.79. The van der Waals surface area contributed by atoms with Crippen molar-refractivity contribution in [3.63, 3.8) is 0 Å². The zero-order valence-corrected chi connectivity index (χ0v) is 8.58. The van der Waals surface area contributed by atoms with Crippen molar-refractivity contribution in [3.05, 3.63) is 0 Å². The number of likely N-dealkylation sites (N-methyl/N-ethyl adjacent to an activating group) is 1. The summed E-state index contributed by atoms with van der Waals surface area (Å²) < 4.78 is 4.74. The summed E-state index contributed by atoms with van der Waals surface area (Å²) >= 11 is 0. The molecule has 1 fully saturated rings. The third kappa shape index (κ3) is 2.70. The molecule has 1 heterocycles. The smallest absolute Gasteiger partial charge is 0.319 e. The molecule has 1 saturated heterocycles.